The Morgan fingerprint density at radius 3 is 3.05 bits per heavy atom. The van der Waals surface area contributed by atoms with Gasteiger partial charge in [-0.1, -0.05) is 0 Å². The Morgan fingerprint density at radius 1 is 1.63 bits per heavy atom. The third-order valence-corrected chi connectivity index (χ3v) is 3.06. The topological polar surface area (TPSA) is 76.0 Å². The van der Waals surface area contributed by atoms with E-state index in [-0.39, 0.29) is 0 Å². The van der Waals surface area contributed by atoms with Crippen molar-refractivity contribution >= 4 is 5.96 Å². The molecular formula is C13H22N4O2. The Hall–Kier alpha value is -1.53. The van der Waals surface area contributed by atoms with Crippen LogP contribution in [-0.4, -0.2) is 37.2 Å². The van der Waals surface area contributed by atoms with Crippen LogP contribution in [0.2, 0.25) is 0 Å². The van der Waals surface area contributed by atoms with Crippen molar-refractivity contribution in [2.45, 2.75) is 31.8 Å². The number of ether oxygens (including phenoxy) is 1. The number of rotatable bonds is 7. The third kappa shape index (κ3) is 4.25. The zero-order valence-electron chi connectivity index (χ0n) is 11.3. The number of nitrogens with zero attached hydrogens (tertiary/aromatic N) is 2. The molecule has 1 fully saturated rings. The first-order valence-electron chi connectivity index (χ1n) is 6.64. The quantitative estimate of drug-likeness (QED) is 0.254. The van der Waals surface area contributed by atoms with Crippen molar-refractivity contribution < 1.29 is 9.15 Å². The molecule has 106 valence electrons. The second kappa shape index (κ2) is 7.16. The molecule has 0 spiro atoms. The highest BCUT2D eigenvalue weighted by molar-refractivity contribution is 5.80. The number of aliphatic imine (C=N–C) groups is 1. The first-order chi connectivity index (χ1) is 9.35. The van der Waals surface area contributed by atoms with Crippen molar-refractivity contribution in [3.63, 3.8) is 0 Å². The highest BCUT2D eigenvalue weighted by Gasteiger charge is 2.31. The summed E-state index contributed by atoms with van der Waals surface area (Å²) in [5.41, 5.74) is 2.71. The number of hydrazine groups is 1. The largest absolute Gasteiger partial charge is 0.467 e. The van der Waals surface area contributed by atoms with E-state index in [1.165, 1.54) is 12.8 Å². The van der Waals surface area contributed by atoms with E-state index < -0.39 is 0 Å². The maximum absolute atomic E-state index is 5.60. The molecule has 0 aliphatic heterocycles. The predicted octanol–water partition coefficient (Wildman–Crippen LogP) is 1.10. The lowest BCUT2D eigenvalue weighted by molar-refractivity contribution is 0.196. The van der Waals surface area contributed by atoms with Crippen LogP contribution in [0, 0.1) is 0 Å². The number of hydrogen-bond donors (Lipinski definition) is 2. The molecule has 0 amide bonds. The fourth-order valence-corrected chi connectivity index (χ4v) is 1.95. The molecule has 19 heavy (non-hydrogen) atoms. The highest BCUT2D eigenvalue weighted by Crippen LogP contribution is 2.28. The maximum atomic E-state index is 5.60. The number of nitrogens with one attached hydrogen (secondary N) is 1. The van der Waals surface area contributed by atoms with Gasteiger partial charge in [0.1, 0.15) is 5.76 Å². The van der Waals surface area contributed by atoms with Crippen molar-refractivity contribution in [1.29, 1.82) is 0 Å². The van der Waals surface area contributed by atoms with E-state index in [0.29, 0.717) is 25.7 Å². The number of furan rings is 1. The zero-order chi connectivity index (χ0) is 13.5. The molecule has 1 saturated carbocycles. The van der Waals surface area contributed by atoms with Crippen LogP contribution in [0.3, 0.4) is 0 Å². The molecule has 0 saturated heterocycles. The van der Waals surface area contributed by atoms with Gasteiger partial charge in [-0.15, -0.1) is 0 Å². The molecule has 6 nitrogen and oxygen atoms in total. The normalized spacial score (nSPS) is 15.6. The molecular weight excluding hydrogens is 244 g/mol. The molecule has 1 heterocycles. The number of guanidine groups is 1. The summed E-state index contributed by atoms with van der Waals surface area (Å²) in [6.45, 7) is 2.11. The molecule has 2 rings (SSSR count). The van der Waals surface area contributed by atoms with Gasteiger partial charge in [-0.2, -0.15) is 0 Å². The van der Waals surface area contributed by atoms with E-state index in [4.69, 9.17) is 15.0 Å². The molecule has 1 aromatic rings. The van der Waals surface area contributed by atoms with Gasteiger partial charge in [-0.3, -0.25) is 10.4 Å². The molecule has 0 aromatic carbocycles. The standard InChI is InChI=1S/C13H22N4O2/c1-18-8-3-7-15-13(16-14)17(11-5-6-11)10-12-4-2-9-19-12/h2,4,9,11H,3,5-8,10,14H2,1H3,(H,15,16). The lowest BCUT2D eigenvalue weighted by Gasteiger charge is -2.24. The molecule has 1 aliphatic rings. The maximum Gasteiger partial charge on any atom is 0.209 e. The van der Waals surface area contributed by atoms with Gasteiger partial charge in [0, 0.05) is 26.3 Å². The SMILES string of the molecule is COCCCN=C(NN)N(Cc1ccco1)C1CC1. The third-order valence-electron chi connectivity index (χ3n) is 3.06. The summed E-state index contributed by atoms with van der Waals surface area (Å²) in [4.78, 5) is 6.68. The van der Waals surface area contributed by atoms with Crippen LogP contribution in [0.15, 0.2) is 27.8 Å². The van der Waals surface area contributed by atoms with E-state index in [2.05, 4.69) is 15.3 Å². The fraction of sp³-hybridized carbons (Fsp3) is 0.615. The van der Waals surface area contributed by atoms with E-state index in [1.54, 1.807) is 13.4 Å². The van der Waals surface area contributed by atoms with Crippen LogP contribution in [0.4, 0.5) is 0 Å². The van der Waals surface area contributed by atoms with Crippen molar-refractivity contribution in [3.8, 4) is 0 Å². The Labute approximate surface area is 113 Å². The summed E-state index contributed by atoms with van der Waals surface area (Å²) in [6, 6.07) is 4.38. The molecule has 0 atom stereocenters. The van der Waals surface area contributed by atoms with Gasteiger partial charge in [0.05, 0.1) is 12.8 Å². The Bertz CT molecular complexity index is 387. The molecule has 0 bridgehead atoms. The second-order valence-electron chi connectivity index (χ2n) is 4.63. The average Bonchev–Trinajstić information content (AvgIpc) is 3.14. The summed E-state index contributed by atoms with van der Waals surface area (Å²) < 4.78 is 10.4. The van der Waals surface area contributed by atoms with E-state index in [9.17, 15) is 0 Å². The van der Waals surface area contributed by atoms with Crippen molar-refractivity contribution in [1.82, 2.24) is 10.3 Å². The number of hydrogen-bond acceptors (Lipinski definition) is 4. The van der Waals surface area contributed by atoms with E-state index in [0.717, 1.165) is 18.1 Å². The molecule has 1 aromatic heterocycles. The van der Waals surface area contributed by atoms with Crippen molar-refractivity contribution in [2.24, 2.45) is 10.8 Å². The minimum atomic E-state index is 0.516. The van der Waals surface area contributed by atoms with Crippen LogP contribution in [0.5, 0.6) is 0 Å². The van der Waals surface area contributed by atoms with Crippen LogP contribution < -0.4 is 11.3 Å². The summed E-state index contributed by atoms with van der Waals surface area (Å²) in [5, 5.41) is 0. The average molecular weight is 266 g/mol. The molecule has 0 unspecified atom stereocenters. The Balaban J connectivity index is 1.95. The Morgan fingerprint density at radius 2 is 2.47 bits per heavy atom. The first kappa shape index (κ1) is 13.9. The fourth-order valence-electron chi connectivity index (χ4n) is 1.95. The highest BCUT2D eigenvalue weighted by atomic mass is 16.5. The Kier molecular flexibility index (Phi) is 5.23. The smallest absolute Gasteiger partial charge is 0.209 e. The minimum Gasteiger partial charge on any atom is -0.467 e. The van der Waals surface area contributed by atoms with Crippen LogP contribution in [-0.2, 0) is 11.3 Å². The van der Waals surface area contributed by atoms with Crippen LogP contribution in [0.25, 0.3) is 0 Å². The lowest BCUT2D eigenvalue weighted by atomic mass is 10.4. The monoisotopic (exact) mass is 266 g/mol. The van der Waals surface area contributed by atoms with Crippen molar-refractivity contribution in [2.75, 3.05) is 20.3 Å². The minimum absolute atomic E-state index is 0.516. The first-order valence-corrected chi connectivity index (χ1v) is 6.64. The van der Waals surface area contributed by atoms with Gasteiger partial charge >= 0.3 is 0 Å². The van der Waals surface area contributed by atoms with Gasteiger partial charge in [0.25, 0.3) is 0 Å². The summed E-state index contributed by atoms with van der Waals surface area (Å²) in [5.74, 6) is 7.25. The van der Waals surface area contributed by atoms with Gasteiger partial charge in [0.15, 0.2) is 0 Å². The molecule has 1 aliphatic carbocycles. The molecule has 3 N–H and O–H groups in total. The van der Waals surface area contributed by atoms with Crippen LogP contribution >= 0.6 is 0 Å². The second-order valence-corrected chi connectivity index (χ2v) is 4.63. The van der Waals surface area contributed by atoms with Gasteiger partial charge in [-0.25, -0.2) is 5.84 Å². The van der Waals surface area contributed by atoms with Gasteiger partial charge < -0.3 is 14.1 Å². The number of methoxy groups -OCH3 is 1. The van der Waals surface area contributed by atoms with Gasteiger partial charge in [-0.05, 0) is 31.4 Å². The van der Waals surface area contributed by atoms with E-state index >= 15 is 0 Å². The summed E-state index contributed by atoms with van der Waals surface area (Å²) in [7, 11) is 1.69. The lowest BCUT2D eigenvalue weighted by Crippen LogP contribution is -2.45. The van der Waals surface area contributed by atoms with Crippen LogP contribution in [0.1, 0.15) is 25.0 Å². The summed E-state index contributed by atoms with van der Waals surface area (Å²) >= 11 is 0. The van der Waals surface area contributed by atoms with E-state index in [1.807, 2.05) is 12.1 Å². The zero-order valence-corrected chi connectivity index (χ0v) is 11.3. The number of nitrogens with two attached hydrogens (primary N) is 1. The van der Waals surface area contributed by atoms with Crippen molar-refractivity contribution in [3.05, 3.63) is 24.2 Å². The van der Waals surface area contributed by atoms with Gasteiger partial charge in [0.2, 0.25) is 5.96 Å². The molecule has 0 radical (unpaired) electrons. The predicted molar refractivity (Wildman–Crippen MR) is 73.4 cm³/mol. The summed E-state index contributed by atoms with van der Waals surface area (Å²) in [6.07, 6.45) is 4.94. The molecule has 6 heteroatoms.